The molecule has 17 nitrogen and oxygen atoms in total. The molecular formula is C57H56F2N6O11. The number of halogens is 2. The van der Waals surface area contributed by atoms with Crippen molar-refractivity contribution in [3.63, 3.8) is 0 Å². The van der Waals surface area contributed by atoms with Gasteiger partial charge in [-0.3, -0.25) is 19.3 Å². The third-order valence-electron chi connectivity index (χ3n) is 18.6. The minimum Gasteiger partial charge on any atom is -0.458 e. The number of aliphatic hydroxyl groups is 4. The minimum absolute atomic E-state index is 0.0193. The highest BCUT2D eigenvalue weighted by atomic mass is 19.1. The molecule has 4 N–H and O–H groups in total. The van der Waals surface area contributed by atoms with Crippen molar-refractivity contribution in [3.8, 4) is 22.8 Å². The molecule has 13 rings (SSSR count). The van der Waals surface area contributed by atoms with Gasteiger partial charge in [-0.2, -0.15) is 0 Å². The van der Waals surface area contributed by atoms with Gasteiger partial charge in [0.25, 0.3) is 11.1 Å². The molecule has 7 aliphatic rings. The fourth-order valence-electron chi connectivity index (χ4n) is 14.3. The maximum Gasteiger partial charge on any atom is 0.343 e. The lowest BCUT2D eigenvalue weighted by Gasteiger charge is -2.48. The lowest BCUT2D eigenvalue weighted by atomic mass is 9.73. The molecule has 19 heteroatoms. The number of aliphatic hydroxyl groups excluding tert-OH is 2. The topological polar surface area (TPSA) is 227 Å². The Labute approximate surface area is 433 Å². The van der Waals surface area contributed by atoms with Crippen molar-refractivity contribution in [2.24, 2.45) is 5.92 Å². The average molecular weight is 1040 g/mol. The van der Waals surface area contributed by atoms with Gasteiger partial charge in [-0.1, -0.05) is 6.92 Å². The van der Waals surface area contributed by atoms with Crippen LogP contribution in [-0.2, 0) is 79.7 Å². The Morgan fingerprint density at radius 1 is 0.803 bits per heavy atom. The second-order valence-corrected chi connectivity index (χ2v) is 22.3. The monoisotopic (exact) mass is 1040 g/mol. The second kappa shape index (κ2) is 16.6. The summed E-state index contributed by atoms with van der Waals surface area (Å²) < 4.78 is 45.2. The van der Waals surface area contributed by atoms with E-state index in [9.17, 15) is 44.4 Å². The number of hydrogen-bond donors (Lipinski definition) is 4. The van der Waals surface area contributed by atoms with Crippen LogP contribution in [0.5, 0.6) is 0 Å². The van der Waals surface area contributed by atoms with Crippen LogP contribution in [0, 0.1) is 31.4 Å². The molecule has 6 aromatic rings. The summed E-state index contributed by atoms with van der Waals surface area (Å²) in [5, 5.41) is 47.5. The Morgan fingerprint density at radius 3 is 1.95 bits per heavy atom. The number of amides is 1. The van der Waals surface area contributed by atoms with Crippen LogP contribution in [0.3, 0.4) is 0 Å². The van der Waals surface area contributed by atoms with Crippen molar-refractivity contribution in [1.29, 1.82) is 0 Å². The zero-order valence-electron chi connectivity index (χ0n) is 42.7. The molecule has 1 amide bonds. The van der Waals surface area contributed by atoms with Gasteiger partial charge in [0.1, 0.15) is 24.8 Å². The highest BCUT2D eigenvalue weighted by Gasteiger charge is 2.51. The van der Waals surface area contributed by atoms with Gasteiger partial charge in [-0.25, -0.2) is 28.3 Å². The second-order valence-electron chi connectivity index (χ2n) is 22.3. The number of carbonyl (C=O) groups is 3. The highest BCUT2D eigenvalue weighted by Crippen LogP contribution is 2.52. The molecule has 0 radical (unpaired) electrons. The molecule has 394 valence electrons. The van der Waals surface area contributed by atoms with Gasteiger partial charge in [0.15, 0.2) is 11.2 Å². The first-order valence-electron chi connectivity index (χ1n) is 26.2. The normalized spacial score (nSPS) is 24.3. The van der Waals surface area contributed by atoms with E-state index < -0.39 is 64.1 Å². The zero-order chi connectivity index (χ0) is 53.4. The summed E-state index contributed by atoms with van der Waals surface area (Å²) in [5.41, 5.74) is 2.14. The van der Waals surface area contributed by atoms with E-state index in [1.165, 1.54) is 23.6 Å². The van der Waals surface area contributed by atoms with Gasteiger partial charge in [-0.15, -0.1) is 0 Å². The maximum atomic E-state index is 15.7. The van der Waals surface area contributed by atoms with Crippen molar-refractivity contribution >= 4 is 39.7 Å². The number of aromatic nitrogens is 4. The highest BCUT2D eigenvalue weighted by molar-refractivity contribution is 5.96. The fourth-order valence-corrected chi connectivity index (χ4v) is 14.3. The third kappa shape index (κ3) is 6.43. The molecule has 0 bridgehead atoms. The van der Waals surface area contributed by atoms with Crippen LogP contribution in [0.4, 0.5) is 8.78 Å². The molecule has 9 heterocycles. The van der Waals surface area contributed by atoms with Gasteiger partial charge < -0.3 is 43.9 Å². The molecule has 4 aromatic heterocycles. The van der Waals surface area contributed by atoms with Crippen molar-refractivity contribution < 1.29 is 53.1 Å². The van der Waals surface area contributed by atoms with Gasteiger partial charge in [-0.05, 0) is 111 Å². The number of cyclic esters (lactones) is 2. The van der Waals surface area contributed by atoms with E-state index in [4.69, 9.17) is 19.4 Å². The molecule has 0 saturated carbocycles. The number of ether oxygens (including phenoxy) is 2. The molecule has 0 spiro atoms. The maximum absolute atomic E-state index is 15.7. The Morgan fingerprint density at radius 2 is 1.36 bits per heavy atom. The van der Waals surface area contributed by atoms with Gasteiger partial charge in [0.2, 0.25) is 5.91 Å². The van der Waals surface area contributed by atoms with Gasteiger partial charge >= 0.3 is 11.9 Å². The number of benzene rings is 2. The molecule has 2 aliphatic carbocycles. The van der Waals surface area contributed by atoms with E-state index in [1.807, 2.05) is 6.92 Å². The molecule has 2 aromatic carbocycles. The molecule has 1 fully saturated rings. The SMILES string of the molecule is CC[C@@]1(O)C(=O)OCc2c1cc1n(c2=O)Cc2c-1nc1cc(F)c(C)c3c1c2C(N1CC(C(O)CC[C@@]2(O)C(=O)OCc4c2cc2n(c4=O)Cc4c-2nc2cc(F)c(C)c5c2c4C(C)(N(CCO)C(C)=O)CC5)C1)CC3. The lowest BCUT2D eigenvalue weighted by molar-refractivity contribution is -0.174. The number of nitrogens with zero attached hydrogens (tertiary/aromatic N) is 6. The van der Waals surface area contributed by atoms with Crippen molar-refractivity contribution in [3.05, 3.63) is 123 Å². The molecule has 3 unspecified atom stereocenters. The standard InChI is InChI=1S/C57H56F2N6O11/c1-6-56(73)35-15-42-49-31(21-63(42)51(69)33(35)23-75-53(56)71)47-41(8-7-29-25(2)37(58)17-39(60-49)45(29)47)62-19-28(20-62)44(68)10-12-57(74)36-16-43-50-32(22-64(43)52(70)34(36)24-76-54(57)72)48-46-30(26(3)38(59)18-40(46)61-50)9-11-55(48,5)65(13-14-66)27(4)67/h15-18,28,41,44,66,68,73-74H,6-14,19-24H2,1-5H3/t41?,44?,55?,56-,57-/m0/s1. The number of pyridine rings is 4. The zero-order valence-corrected chi connectivity index (χ0v) is 42.7. The van der Waals surface area contributed by atoms with Crippen LogP contribution in [0.15, 0.2) is 33.9 Å². The van der Waals surface area contributed by atoms with E-state index in [0.717, 1.165) is 27.6 Å². The number of fused-ring (bicyclic) bond motifs is 10. The van der Waals surface area contributed by atoms with E-state index in [-0.39, 0.29) is 92.2 Å². The van der Waals surface area contributed by atoms with Crippen molar-refractivity contribution in [1.82, 2.24) is 28.9 Å². The number of likely N-dealkylation sites (tertiary alicyclic amines) is 1. The summed E-state index contributed by atoms with van der Waals surface area (Å²) in [7, 11) is 0. The molecule has 76 heavy (non-hydrogen) atoms. The van der Waals surface area contributed by atoms with E-state index in [0.29, 0.717) is 100 Å². The molecular weight excluding hydrogens is 983 g/mol. The Bertz CT molecular complexity index is 3810. The Kier molecular flexibility index (Phi) is 10.7. The Balaban J connectivity index is 0.810. The number of carbonyl (C=O) groups excluding carboxylic acids is 3. The van der Waals surface area contributed by atoms with Crippen molar-refractivity contribution in [2.45, 2.75) is 135 Å². The van der Waals surface area contributed by atoms with Crippen LogP contribution in [0.25, 0.3) is 44.6 Å². The largest absolute Gasteiger partial charge is 0.458 e. The summed E-state index contributed by atoms with van der Waals surface area (Å²) in [5.74, 6) is -3.22. The van der Waals surface area contributed by atoms with Crippen molar-refractivity contribution in [2.75, 3.05) is 26.2 Å². The molecule has 5 aliphatic heterocycles. The van der Waals surface area contributed by atoms with Crippen LogP contribution in [0.2, 0.25) is 0 Å². The van der Waals surface area contributed by atoms with E-state index >= 15 is 8.78 Å². The average Bonchev–Trinajstić information content (AvgIpc) is 4.14. The quantitative estimate of drug-likeness (QED) is 0.144. The first kappa shape index (κ1) is 48.8. The summed E-state index contributed by atoms with van der Waals surface area (Å²) in [6, 6.07) is 5.77. The molecule has 1 saturated heterocycles. The lowest BCUT2D eigenvalue weighted by Crippen LogP contribution is -2.54. The third-order valence-corrected chi connectivity index (χ3v) is 18.6. The summed E-state index contributed by atoms with van der Waals surface area (Å²) in [6.07, 6.45) is 0.665. The first-order chi connectivity index (χ1) is 36.2. The number of aryl methyl sites for hydroxylation is 2. The Hall–Kier alpha value is -6.77. The number of rotatable bonds is 9. The first-order valence-corrected chi connectivity index (χ1v) is 26.2. The fraction of sp³-hybridized carbons (Fsp3) is 0.456. The van der Waals surface area contributed by atoms with E-state index in [2.05, 4.69) is 4.90 Å². The van der Waals surface area contributed by atoms with Crippen LogP contribution >= 0.6 is 0 Å². The number of hydrogen-bond acceptors (Lipinski definition) is 14. The van der Waals surface area contributed by atoms with Crippen LogP contribution < -0.4 is 11.1 Å². The predicted molar refractivity (Wildman–Crippen MR) is 270 cm³/mol. The summed E-state index contributed by atoms with van der Waals surface area (Å²) in [4.78, 5) is 82.6. The molecule has 5 atom stereocenters. The summed E-state index contributed by atoms with van der Waals surface area (Å²) in [6.45, 7) is 8.58. The minimum atomic E-state index is -2.33. The van der Waals surface area contributed by atoms with Gasteiger partial charge in [0.05, 0.1) is 76.3 Å². The van der Waals surface area contributed by atoms with Crippen LogP contribution in [0.1, 0.15) is 126 Å². The summed E-state index contributed by atoms with van der Waals surface area (Å²) >= 11 is 0. The number of esters is 2. The smallest absolute Gasteiger partial charge is 0.343 e. The van der Waals surface area contributed by atoms with E-state index in [1.54, 1.807) is 42.4 Å². The van der Waals surface area contributed by atoms with Gasteiger partial charge in [0, 0.05) is 83.7 Å². The predicted octanol–water partition coefficient (Wildman–Crippen LogP) is 4.72. The van der Waals surface area contributed by atoms with Crippen LogP contribution in [-0.4, -0.2) is 99.5 Å².